The third-order valence-corrected chi connectivity index (χ3v) is 11.3. The molecule has 3 heterocycles. The van der Waals surface area contributed by atoms with Crippen molar-refractivity contribution in [1.29, 1.82) is 0 Å². The number of aliphatic carboxylic acids is 3. The van der Waals surface area contributed by atoms with E-state index in [4.69, 9.17) is 9.47 Å². The maximum atomic E-state index is 14.1. The minimum atomic E-state index is -2.45. The van der Waals surface area contributed by atoms with Crippen LogP contribution < -0.4 is 25.4 Å². The molecule has 3 saturated heterocycles. The number of carboxylic acid groups (broad SMARTS) is 3. The van der Waals surface area contributed by atoms with Crippen LogP contribution in [-0.2, 0) is 40.1 Å². The zero-order valence-electron chi connectivity index (χ0n) is 33.5. The molecule has 0 aliphatic carbocycles. The Labute approximate surface area is 330 Å². The van der Waals surface area contributed by atoms with Crippen molar-refractivity contribution in [3.05, 3.63) is 95.1 Å². The SMILES string of the molecule is [2H]C([2H])(c1cccc(C[C@H](C(=O)O)[C@H]2CCNC2)c1)N(CCOc1cccc(C[C@H](C(=O)O)[C@H]2CCNC2)c1)C(=O)Oc1cccc(CC(C(=O)O)[C@H]2CCNC2)c1. The van der Waals surface area contributed by atoms with Gasteiger partial charge in [0, 0.05) is 6.50 Å². The fourth-order valence-corrected chi connectivity index (χ4v) is 8.22. The molecule has 6 rings (SSSR count). The van der Waals surface area contributed by atoms with Gasteiger partial charge in [0.05, 0.1) is 27.0 Å². The smallest absolute Gasteiger partial charge is 0.415 e. The van der Waals surface area contributed by atoms with Crippen molar-refractivity contribution >= 4 is 24.0 Å². The van der Waals surface area contributed by atoms with Crippen LogP contribution >= 0.6 is 0 Å². The fourth-order valence-electron chi connectivity index (χ4n) is 8.22. The topological polar surface area (TPSA) is 187 Å². The Bertz CT molecular complexity index is 1900. The Morgan fingerprint density at radius 2 is 1.07 bits per heavy atom. The van der Waals surface area contributed by atoms with Crippen LogP contribution in [0.5, 0.6) is 11.5 Å². The second-order valence-corrected chi connectivity index (χ2v) is 15.2. The minimum absolute atomic E-state index is 0.0148. The van der Waals surface area contributed by atoms with E-state index in [0.29, 0.717) is 42.9 Å². The van der Waals surface area contributed by atoms with Crippen molar-refractivity contribution in [2.45, 2.75) is 45.0 Å². The summed E-state index contributed by atoms with van der Waals surface area (Å²) in [6.45, 7) is 1.28. The van der Waals surface area contributed by atoms with Crippen molar-refractivity contribution in [2.75, 3.05) is 52.4 Å². The van der Waals surface area contributed by atoms with E-state index in [1.165, 1.54) is 0 Å². The lowest BCUT2D eigenvalue weighted by Gasteiger charge is -2.24. The van der Waals surface area contributed by atoms with Crippen LogP contribution in [0.4, 0.5) is 4.79 Å². The number of amides is 1. The summed E-state index contributed by atoms with van der Waals surface area (Å²) in [4.78, 5) is 51.6. The molecule has 0 radical (unpaired) electrons. The predicted octanol–water partition coefficient (Wildman–Crippen LogP) is 4.33. The van der Waals surface area contributed by atoms with Gasteiger partial charge in [-0.2, -0.15) is 0 Å². The van der Waals surface area contributed by atoms with Crippen LogP contribution in [0.15, 0.2) is 72.8 Å². The highest BCUT2D eigenvalue weighted by Gasteiger charge is 2.33. The molecule has 13 nitrogen and oxygen atoms in total. The Balaban J connectivity index is 1.21. The molecular formula is C43H54N4O9. The highest BCUT2D eigenvalue weighted by molar-refractivity contribution is 5.73. The zero-order chi connectivity index (χ0) is 41.2. The standard InChI is InChI=1S/C43H54N4O9/c48-40(49)37(32-10-13-44-24-32)21-28-4-1-7-31(18-28)27-47(16-17-55-35-8-2-5-29(19-35)22-38(41(50)51)33-11-14-45-25-33)43(54)56-36-9-3-6-30(20-36)23-39(42(52)53)34-12-15-46-26-34/h1-9,18-20,32-34,37-39,44-46H,10-17,21-27H2,(H,48,49)(H,50,51)(H,52,53)/t32-,33-,34-,37-,38-,39?/m0/s1/i27D2. The minimum Gasteiger partial charge on any atom is -0.492 e. The summed E-state index contributed by atoms with van der Waals surface area (Å²) in [7, 11) is 0. The molecule has 1 unspecified atom stereocenters. The summed E-state index contributed by atoms with van der Waals surface area (Å²) in [5.74, 6) is -4.06. The van der Waals surface area contributed by atoms with Crippen LogP contribution in [0.25, 0.3) is 0 Å². The van der Waals surface area contributed by atoms with Gasteiger partial charge in [-0.1, -0.05) is 48.5 Å². The van der Waals surface area contributed by atoms with Crippen LogP contribution in [0.2, 0.25) is 0 Å². The molecule has 6 atom stereocenters. The van der Waals surface area contributed by atoms with E-state index in [-0.39, 0.29) is 55.1 Å². The first-order valence-electron chi connectivity index (χ1n) is 20.6. The molecule has 300 valence electrons. The van der Waals surface area contributed by atoms with E-state index in [9.17, 15) is 37.2 Å². The number of rotatable bonds is 19. The number of carbonyl (C=O) groups excluding carboxylic acids is 1. The van der Waals surface area contributed by atoms with Gasteiger partial charge >= 0.3 is 24.0 Å². The second kappa shape index (κ2) is 19.7. The van der Waals surface area contributed by atoms with Crippen molar-refractivity contribution in [2.24, 2.45) is 35.5 Å². The highest BCUT2D eigenvalue weighted by atomic mass is 16.6. The van der Waals surface area contributed by atoms with Crippen LogP contribution in [-0.4, -0.2) is 96.6 Å². The number of carboxylic acids is 3. The van der Waals surface area contributed by atoms with Gasteiger partial charge in [0.15, 0.2) is 0 Å². The number of hydrogen-bond donors (Lipinski definition) is 6. The first-order chi connectivity index (χ1) is 27.9. The molecule has 3 aromatic rings. The van der Waals surface area contributed by atoms with Gasteiger partial charge in [0.2, 0.25) is 0 Å². The van der Waals surface area contributed by atoms with Gasteiger partial charge in [-0.15, -0.1) is 0 Å². The number of carbonyl (C=O) groups is 4. The fraction of sp³-hybridized carbons (Fsp3) is 0.488. The molecule has 0 spiro atoms. The van der Waals surface area contributed by atoms with Crippen LogP contribution in [0.3, 0.4) is 0 Å². The Morgan fingerprint density at radius 1 is 0.643 bits per heavy atom. The summed E-state index contributed by atoms with van der Waals surface area (Å²) in [5.41, 5.74) is 2.19. The highest BCUT2D eigenvalue weighted by Crippen LogP contribution is 2.28. The number of benzene rings is 3. The maximum Gasteiger partial charge on any atom is 0.415 e. The molecule has 3 aromatic carbocycles. The lowest BCUT2D eigenvalue weighted by atomic mass is 9.86. The molecule has 0 bridgehead atoms. The van der Waals surface area contributed by atoms with Gasteiger partial charge in [-0.3, -0.25) is 14.4 Å². The molecule has 3 aliphatic rings. The zero-order valence-corrected chi connectivity index (χ0v) is 31.5. The molecule has 3 fully saturated rings. The first-order valence-corrected chi connectivity index (χ1v) is 19.6. The number of nitrogens with one attached hydrogen (secondary N) is 3. The average Bonchev–Trinajstić information content (AvgIpc) is 4.02. The molecule has 0 aromatic heterocycles. The molecule has 56 heavy (non-hydrogen) atoms. The Morgan fingerprint density at radius 3 is 1.54 bits per heavy atom. The van der Waals surface area contributed by atoms with E-state index in [0.717, 1.165) is 49.4 Å². The van der Waals surface area contributed by atoms with E-state index in [1.54, 1.807) is 66.7 Å². The molecule has 13 heteroatoms. The average molecular weight is 773 g/mol. The molecule has 3 aliphatic heterocycles. The van der Waals surface area contributed by atoms with Crippen molar-refractivity contribution in [1.82, 2.24) is 20.9 Å². The van der Waals surface area contributed by atoms with Gasteiger partial charge in [-0.25, -0.2) is 4.79 Å². The summed E-state index contributed by atoms with van der Waals surface area (Å²) < 4.78 is 30.5. The lowest BCUT2D eigenvalue weighted by molar-refractivity contribution is -0.144. The van der Waals surface area contributed by atoms with E-state index < -0.39 is 48.3 Å². The van der Waals surface area contributed by atoms with Gasteiger partial charge < -0.3 is 45.6 Å². The summed E-state index contributed by atoms with van der Waals surface area (Å²) in [6, 6.07) is 20.2. The normalized spacial score (nSPS) is 21.7. The molecule has 0 saturated carbocycles. The van der Waals surface area contributed by atoms with Crippen molar-refractivity contribution in [3.63, 3.8) is 0 Å². The largest absolute Gasteiger partial charge is 0.492 e. The third-order valence-electron chi connectivity index (χ3n) is 11.3. The lowest BCUT2D eigenvalue weighted by Crippen LogP contribution is -2.36. The van der Waals surface area contributed by atoms with Crippen molar-refractivity contribution < 1.29 is 46.7 Å². The number of hydrogen-bond acceptors (Lipinski definition) is 9. The molecular weight excluding hydrogens is 716 g/mol. The van der Waals surface area contributed by atoms with Gasteiger partial charge in [-0.05, 0) is 142 Å². The monoisotopic (exact) mass is 772 g/mol. The predicted molar refractivity (Wildman–Crippen MR) is 209 cm³/mol. The van der Waals surface area contributed by atoms with E-state index >= 15 is 0 Å². The first kappa shape index (κ1) is 37.9. The Kier molecular flexibility index (Phi) is 13.4. The second-order valence-electron chi connectivity index (χ2n) is 15.2. The van der Waals surface area contributed by atoms with E-state index in [1.807, 2.05) is 6.07 Å². The quantitative estimate of drug-likeness (QED) is 0.102. The number of nitrogens with zero attached hydrogens (tertiary/aromatic N) is 1. The summed E-state index contributed by atoms with van der Waals surface area (Å²) in [6.07, 6.45) is 2.00. The van der Waals surface area contributed by atoms with Gasteiger partial charge in [0.1, 0.15) is 18.1 Å². The number of ether oxygens (including phenoxy) is 2. The maximum absolute atomic E-state index is 14.1. The molecule has 6 N–H and O–H groups in total. The van der Waals surface area contributed by atoms with Crippen LogP contribution in [0, 0.1) is 35.5 Å². The molecule has 1 amide bonds. The Hall–Kier alpha value is -4.98. The summed E-state index contributed by atoms with van der Waals surface area (Å²) >= 11 is 0. The van der Waals surface area contributed by atoms with Crippen molar-refractivity contribution in [3.8, 4) is 11.5 Å². The van der Waals surface area contributed by atoms with Gasteiger partial charge in [0.25, 0.3) is 0 Å². The summed E-state index contributed by atoms with van der Waals surface area (Å²) in [5, 5.41) is 39.7. The third kappa shape index (κ3) is 11.3. The van der Waals surface area contributed by atoms with Crippen LogP contribution in [0.1, 0.15) is 44.3 Å². The van der Waals surface area contributed by atoms with E-state index in [2.05, 4.69) is 16.0 Å².